The number of carboxylic acids is 1. The van der Waals surface area contributed by atoms with Crippen LogP contribution in [0.5, 0.6) is 0 Å². The van der Waals surface area contributed by atoms with E-state index in [1.54, 1.807) is 12.1 Å². The molecule has 6 heteroatoms. The van der Waals surface area contributed by atoms with Crippen molar-refractivity contribution in [1.29, 1.82) is 0 Å². The fourth-order valence-electron chi connectivity index (χ4n) is 1.32. The summed E-state index contributed by atoms with van der Waals surface area (Å²) in [6.45, 7) is 2.71. The van der Waals surface area contributed by atoms with Gasteiger partial charge in [-0.3, -0.25) is 4.79 Å². The largest absolute Gasteiger partial charge is 0.478 e. The summed E-state index contributed by atoms with van der Waals surface area (Å²) in [5.74, 6) is -1.36. The highest BCUT2D eigenvalue weighted by molar-refractivity contribution is 9.10. The minimum absolute atomic E-state index is 0.0501. The standard InChI is InChI=1S/C12H14BrNO4/c1-2-18-6-5-11(15)14-10-4-3-8(13)7-9(10)12(16)17/h3-4,7H,2,5-6H2,1H3,(H,14,15)(H,16,17). The van der Waals surface area contributed by atoms with Gasteiger partial charge < -0.3 is 15.2 Å². The molecule has 0 atom stereocenters. The van der Waals surface area contributed by atoms with Gasteiger partial charge in [-0.15, -0.1) is 0 Å². The molecule has 0 aliphatic heterocycles. The molecular formula is C12H14BrNO4. The summed E-state index contributed by atoms with van der Waals surface area (Å²) < 4.78 is 5.70. The first kappa shape index (κ1) is 14.7. The van der Waals surface area contributed by atoms with Gasteiger partial charge in [-0.2, -0.15) is 0 Å². The number of carboxylic acid groups (broad SMARTS) is 1. The van der Waals surface area contributed by atoms with Gasteiger partial charge in [0.2, 0.25) is 5.91 Å². The third-order valence-corrected chi connectivity index (χ3v) is 2.66. The van der Waals surface area contributed by atoms with Crippen molar-refractivity contribution in [3.8, 4) is 0 Å². The Hall–Kier alpha value is -1.40. The van der Waals surface area contributed by atoms with Crippen molar-refractivity contribution < 1.29 is 19.4 Å². The Morgan fingerprint density at radius 1 is 1.44 bits per heavy atom. The van der Waals surface area contributed by atoms with E-state index in [1.807, 2.05) is 6.92 Å². The first-order valence-corrected chi connectivity index (χ1v) is 6.24. The van der Waals surface area contributed by atoms with Crippen LogP contribution in [-0.4, -0.2) is 30.2 Å². The summed E-state index contributed by atoms with van der Waals surface area (Å²) in [6, 6.07) is 4.66. The van der Waals surface area contributed by atoms with Crippen molar-refractivity contribution in [3.63, 3.8) is 0 Å². The molecule has 1 aromatic carbocycles. The highest BCUT2D eigenvalue weighted by Gasteiger charge is 2.12. The highest BCUT2D eigenvalue weighted by atomic mass is 79.9. The van der Waals surface area contributed by atoms with Crippen LogP contribution < -0.4 is 5.32 Å². The van der Waals surface area contributed by atoms with Crippen molar-refractivity contribution in [1.82, 2.24) is 0 Å². The van der Waals surface area contributed by atoms with Crippen LogP contribution in [0.2, 0.25) is 0 Å². The molecule has 0 aromatic heterocycles. The molecule has 0 heterocycles. The lowest BCUT2D eigenvalue weighted by molar-refractivity contribution is -0.117. The van der Waals surface area contributed by atoms with Gasteiger partial charge in [0, 0.05) is 11.1 Å². The van der Waals surface area contributed by atoms with Crippen molar-refractivity contribution in [2.45, 2.75) is 13.3 Å². The van der Waals surface area contributed by atoms with Crippen molar-refractivity contribution in [2.75, 3.05) is 18.5 Å². The quantitative estimate of drug-likeness (QED) is 0.791. The summed E-state index contributed by atoms with van der Waals surface area (Å²) in [4.78, 5) is 22.6. The van der Waals surface area contributed by atoms with Gasteiger partial charge in [0.1, 0.15) is 0 Å². The number of aromatic carboxylic acids is 1. The van der Waals surface area contributed by atoms with Crippen LogP contribution in [0.4, 0.5) is 5.69 Å². The molecule has 1 amide bonds. The van der Waals surface area contributed by atoms with E-state index in [0.717, 1.165) is 0 Å². The van der Waals surface area contributed by atoms with Gasteiger partial charge in [0.15, 0.2) is 0 Å². The maximum atomic E-state index is 11.6. The lowest BCUT2D eigenvalue weighted by atomic mass is 10.2. The van der Waals surface area contributed by atoms with E-state index in [-0.39, 0.29) is 23.6 Å². The third kappa shape index (κ3) is 4.46. The molecule has 0 saturated carbocycles. The molecule has 0 spiro atoms. The van der Waals surface area contributed by atoms with E-state index < -0.39 is 5.97 Å². The van der Waals surface area contributed by atoms with E-state index in [2.05, 4.69) is 21.2 Å². The summed E-state index contributed by atoms with van der Waals surface area (Å²) >= 11 is 3.19. The smallest absolute Gasteiger partial charge is 0.337 e. The molecule has 1 rings (SSSR count). The second-order valence-electron chi connectivity index (χ2n) is 3.49. The van der Waals surface area contributed by atoms with E-state index >= 15 is 0 Å². The number of ether oxygens (including phenoxy) is 1. The molecule has 5 nitrogen and oxygen atoms in total. The Labute approximate surface area is 113 Å². The zero-order chi connectivity index (χ0) is 13.5. The van der Waals surface area contributed by atoms with Crippen LogP contribution in [0.3, 0.4) is 0 Å². The van der Waals surface area contributed by atoms with Gasteiger partial charge in [-0.1, -0.05) is 15.9 Å². The van der Waals surface area contributed by atoms with Crippen LogP contribution in [0.25, 0.3) is 0 Å². The normalized spacial score (nSPS) is 10.1. The zero-order valence-electron chi connectivity index (χ0n) is 9.90. The molecule has 0 saturated heterocycles. The average molecular weight is 316 g/mol. The number of benzene rings is 1. The monoisotopic (exact) mass is 315 g/mol. The Bertz CT molecular complexity index is 448. The first-order chi connectivity index (χ1) is 8.54. The SMILES string of the molecule is CCOCCC(=O)Nc1ccc(Br)cc1C(=O)O. The number of nitrogens with one attached hydrogen (secondary N) is 1. The molecule has 0 aliphatic rings. The molecule has 1 aromatic rings. The second-order valence-corrected chi connectivity index (χ2v) is 4.41. The molecule has 0 bridgehead atoms. The third-order valence-electron chi connectivity index (χ3n) is 2.16. The minimum Gasteiger partial charge on any atom is -0.478 e. The Balaban J connectivity index is 2.72. The average Bonchev–Trinajstić information content (AvgIpc) is 2.31. The van der Waals surface area contributed by atoms with E-state index in [0.29, 0.717) is 17.7 Å². The van der Waals surface area contributed by atoms with Gasteiger partial charge >= 0.3 is 5.97 Å². The Morgan fingerprint density at radius 2 is 2.17 bits per heavy atom. The molecule has 0 radical (unpaired) electrons. The zero-order valence-corrected chi connectivity index (χ0v) is 11.5. The Kier molecular flexibility index (Phi) is 5.80. The second kappa shape index (κ2) is 7.13. The summed E-state index contributed by atoms with van der Waals surface area (Å²) in [7, 11) is 0. The summed E-state index contributed by atoms with van der Waals surface area (Å²) in [5, 5.41) is 11.6. The lowest BCUT2D eigenvalue weighted by Gasteiger charge is -2.08. The number of amides is 1. The molecule has 2 N–H and O–H groups in total. The van der Waals surface area contributed by atoms with Crippen LogP contribution in [0.1, 0.15) is 23.7 Å². The molecule has 0 aliphatic carbocycles. The van der Waals surface area contributed by atoms with Crippen molar-refractivity contribution in [3.05, 3.63) is 28.2 Å². The molecule has 98 valence electrons. The lowest BCUT2D eigenvalue weighted by Crippen LogP contribution is -2.16. The van der Waals surface area contributed by atoms with Crippen LogP contribution in [0.15, 0.2) is 22.7 Å². The van der Waals surface area contributed by atoms with Crippen molar-refractivity contribution in [2.24, 2.45) is 0 Å². The number of carbonyl (C=O) groups is 2. The molecular weight excluding hydrogens is 302 g/mol. The molecule has 18 heavy (non-hydrogen) atoms. The summed E-state index contributed by atoms with van der Waals surface area (Å²) in [5.41, 5.74) is 0.335. The molecule has 0 fully saturated rings. The number of halogens is 1. The predicted octanol–water partition coefficient (Wildman–Crippen LogP) is 2.51. The van der Waals surface area contributed by atoms with Crippen LogP contribution in [0, 0.1) is 0 Å². The summed E-state index contributed by atoms with van der Waals surface area (Å²) in [6.07, 6.45) is 0.197. The van der Waals surface area contributed by atoms with E-state index in [9.17, 15) is 9.59 Å². The van der Waals surface area contributed by atoms with Crippen molar-refractivity contribution >= 4 is 33.5 Å². The minimum atomic E-state index is -1.09. The van der Waals surface area contributed by atoms with E-state index in [1.165, 1.54) is 6.07 Å². The fourth-order valence-corrected chi connectivity index (χ4v) is 1.69. The van der Waals surface area contributed by atoms with Crippen LogP contribution in [-0.2, 0) is 9.53 Å². The first-order valence-electron chi connectivity index (χ1n) is 5.45. The Morgan fingerprint density at radius 3 is 2.78 bits per heavy atom. The predicted molar refractivity (Wildman–Crippen MR) is 70.8 cm³/mol. The van der Waals surface area contributed by atoms with Gasteiger partial charge in [-0.05, 0) is 25.1 Å². The maximum Gasteiger partial charge on any atom is 0.337 e. The molecule has 0 unspecified atom stereocenters. The maximum absolute atomic E-state index is 11.6. The fraction of sp³-hybridized carbons (Fsp3) is 0.333. The number of hydrogen-bond donors (Lipinski definition) is 2. The van der Waals surface area contributed by atoms with E-state index in [4.69, 9.17) is 9.84 Å². The topological polar surface area (TPSA) is 75.6 Å². The number of hydrogen-bond acceptors (Lipinski definition) is 3. The number of anilines is 1. The number of rotatable bonds is 6. The van der Waals surface area contributed by atoms with Crippen LogP contribution >= 0.6 is 15.9 Å². The van der Waals surface area contributed by atoms with Gasteiger partial charge in [0.25, 0.3) is 0 Å². The highest BCUT2D eigenvalue weighted by Crippen LogP contribution is 2.21. The van der Waals surface area contributed by atoms with Gasteiger partial charge in [0.05, 0.1) is 24.3 Å². The number of carbonyl (C=O) groups excluding carboxylic acids is 1. The van der Waals surface area contributed by atoms with Gasteiger partial charge in [-0.25, -0.2) is 4.79 Å².